The summed E-state index contributed by atoms with van der Waals surface area (Å²) in [6.07, 6.45) is 2.49. The van der Waals surface area contributed by atoms with Crippen LogP contribution in [0.3, 0.4) is 0 Å². The Hall–Kier alpha value is -2.02. The lowest BCUT2D eigenvalue weighted by Gasteiger charge is -2.27. The van der Waals surface area contributed by atoms with Gasteiger partial charge in [-0.1, -0.05) is 0 Å². The summed E-state index contributed by atoms with van der Waals surface area (Å²) < 4.78 is 33.0. The largest absolute Gasteiger partial charge is 0.376 e. The third kappa shape index (κ3) is 2.81. The maximum Gasteiger partial charge on any atom is 0.325 e. The molecule has 2 saturated heterocycles. The molecule has 2 unspecified atom stereocenters. The minimum absolute atomic E-state index is 0.122. The number of carbonyl (C=O) groups excluding carboxylic acids is 2. The first-order valence-electron chi connectivity index (χ1n) is 7.63. The number of amides is 3. The number of imide groups is 1. The highest BCUT2D eigenvalue weighted by atomic mass is 19.1. The van der Waals surface area contributed by atoms with E-state index in [1.165, 1.54) is 6.92 Å². The average molecular weight is 324 g/mol. The number of urea groups is 1. The van der Waals surface area contributed by atoms with E-state index in [0.717, 1.165) is 42.4 Å². The van der Waals surface area contributed by atoms with Gasteiger partial charge in [-0.3, -0.25) is 9.69 Å². The van der Waals surface area contributed by atoms with Crippen LogP contribution in [-0.4, -0.2) is 36.1 Å². The average Bonchev–Trinajstić information content (AvgIpc) is 2.75. The van der Waals surface area contributed by atoms with E-state index in [0.29, 0.717) is 6.61 Å². The first-order valence-corrected chi connectivity index (χ1v) is 7.63. The second-order valence-corrected chi connectivity index (χ2v) is 6.08. The van der Waals surface area contributed by atoms with Crippen molar-refractivity contribution in [2.24, 2.45) is 0 Å². The lowest BCUT2D eigenvalue weighted by atomic mass is 9.91. The van der Waals surface area contributed by atoms with Crippen LogP contribution in [0.5, 0.6) is 0 Å². The standard InChI is InChI=1S/C16H18F2N2O3/c1-16(12-8-10(17)5-6-13(12)18)14(21)20(15(22)19-16)9-11-4-2-3-7-23-11/h5-6,8,11H,2-4,7,9H2,1H3,(H,19,22). The number of rotatable bonds is 3. The molecule has 0 aliphatic carbocycles. The van der Waals surface area contributed by atoms with Gasteiger partial charge in [-0.05, 0) is 44.4 Å². The molecule has 0 radical (unpaired) electrons. The van der Waals surface area contributed by atoms with Crippen molar-refractivity contribution < 1.29 is 23.1 Å². The van der Waals surface area contributed by atoms with Crippen molar-refractivity contribution in [3.8, 4) is 0 Å². The van der Waals surface area contributed by atoms with Gasteiger partial charge in [0.2, 0.25) is 0 Å². The highest BCUT2D eigenvalue weighted by molar-refractivity contribution is 6.07. The third-order valence-corrected chi connectivity index (χ3v) is 4.40. The van der Waals surface area contributed by atoms with Gasteiger partial charge in [0, 0.05) is 12.2 Å². The van der Waals surface area contributed by atoms with Crippen molar-refractivity contribution >= 4 is 11.9 Å². The van der Waals surface area contributed by atoms with Crippen molar-refractivity contribution in [2.45, 2.75) is 37.8 Å². The van der Waals surface area contributed by atoms with Gasteiger partial charge in [0.15, 0.2) is 0 Å². The molecule has 2 aliphatic heterocycles. The van der Waals surface area contributed by atoms with Crippen LogP contribution in [0.25, 0.3) is 0 Å². The highest BCUT2D eigenvalue weighted by Gasteiger charge is 2.50. The number of hydrogen-bond acceptors (Lipinski definition) is 3. The fraction of sp³-hybridized carbons (Fsp3) is 0.500. The first kappa shape index (κ1) is 15.9. The monoisotopic (exact) mass is 324 g/mol. The molecule has 0 saturated carbocycles. The minimum Gasteiger partial charge on any atom is -0.376 e. The summed E-state index contributed by atoms with van der Waals surface area (Å²) in [7, 11) is 0. The second kappa shape index (κ2) is 5.88. The van der Waals surface area contributed by atoms with Crippen LogP contribution >= 0.6 is 0 Å². The molecule has 0 bridgehead atoms. The predicted molar refractivity (Wildman–Crippen MR) is 77.5 cm³/mol. The number of ether oxygens (including phenoxy) is 1. The summed E-state index contributed by atoms with van der Waals surface area (Å²) in [5.41, 5.74) is -1.79. The molecule has 5 nitrogen and oxygen atoms in total. The smallest absolute Gasteiger partial charge is 0.325 e. The Morgan fingerprint density at radius 1 is 1.35 bits per heavy atom. The van der Waals surface area contributed by atoms with Gasteiger partial charge < -0.3 is 10.1 Å². The van der Waals surface area contributed by atoms with E-state index >= 15 is 0 Å². The van der Waals surface area contributed by atoms with Crippen molar-refractivity contribution in [2.75, 3.05) is 13.2 Å². The van der Waals surface area contributed by atoms with Crippen LogP contribution in [0.4, 0.5) is 13.6 Å². The summed E-state index contributed by atoms with van der Waals surface area (Å²) in [4.78, 5) is 25.9. The summed E-state index contributed by atoms with van der Waals surface area (Å²) in [5, 5.41) is 2.48. The summed E-state index contributed by atoms with van der Waals surface area (Å²) in [6.45, 7) is 2.11. The van der Waals surface area contributed by atoms with Gasteiger partial charge in [0.05, 0.1) is 12.6 Å². The van der Waals surface area contributed by atoms with Crippen LogP contribution in [0.2, 0.25) is 0 Å². The molecule has 2 heterocycles. The van der Waals surface area contributed by atoms with E-state index in [2.05, 4.69) is 5.32 Å². The third-order valence-electron chi connectivity index (χ3n) is 4.40. The molecule has 1 aromatic carbocycles. The van der Waals surface area contributed by atoms with Crippen molar-refractivity contribution in [3.05, 3.63) is 35.4 Å². The molecule has 1 N–H and O–H groups in total. The summed E-state index contributed by atoms with van der Waals surface area (Å²) in [6, 6.07) is 2.24. The number of carbonyl (C=O) groups is 2. The zero-order chi connectivity index (χ0) is 16.6. The fourth-order valence-electron chi connectivity index (χ4n) is 3.08. The van der Waals surface area contributed by atoms with Gasteiger partial charge >= 0.3 is 6.03 Å². The van der Waals surface area contributed by atoms with Gasteiger partial charge in [-0.15, -0.1) is 0 Å². The predicted octanol–water partition coefficient (Wildman–Crippen LogP) is 2.30. The molecular formula is C16H18F2N2O3. The molecule has 124 valence electrons. The van der Waals surface area contributed by atoms with E-state index in [1.54, 1.807) is 0 Å². The Bertz CT molecular complexity index is 646. The summed E-state index contributed by atoms with van der Waals surface area (Å²) >= 11 is 0. The highest BCUT2D eigenvalue weighted by Crippen LogP contribution is 2.31. The van der Waals surface area contributed by atoms with Crippen LogP contribution in [-0.2, 0) is 15.1 Å². The molecular weight excluding hydrogens is 306 g/mol. The van der Waals surface area contributed by atoms with E-state index < -0.39 is 29.1 Å². The Labute approximate surface area is 132 Å². The Balaban J connectivity index is 1.85. The lowest BCUT2D eigenvalue weighted by Crippen LogP contribution is -2.43. The van der Waals surface area contributed by atoms with Gasteiger partial charge in [-0.25, -0.2) is 13.6 Å². The molecule has 7 heteroatoms. The molecule has 3 rings (SSSR count). The molecule has 2 atom stereocenters. The van der Waals surface area contributed by atoms with Crippen LogP contribution < -0.4 is 5.32 Å². The Morgan fingerprint density at radius 3 is 2.83 bits per heavy atom. The number of nitrogens with zero attached hydrogens (tertiary/aromatic N) is 1. The SMILES string of the molecule is CC1(c2cc(F)ccc2F)NC(=O)N(CC2CCCCO2)C1=O. The van der Waals surface area contributed by atoms with Crippen molar-refractivity contribution in [3.63, 3.8) is 0 Å². The van der Waals surface area contributed by atoms with E-state index in [1.807, 2.05) is 0 Å². The normalized spacial score (nSPS) is 28.1. The molecule has 3 amide bonds. The lowest BCUT2D eigenvalue weighted by molar-refractivity contribution is -0.133. The minimum atomic E-state index is -1.61. The maximum atomic E-state index is 14.0. The Kier molecular flexibility index (Phi) is 4.06. The van der Waals surface area contributed by atoms with Gasteiger partial charge in [0.25, 0.3) is 5.91 Å². The zero-order valence-corrected chi connectivity index (χ0v) is 12.8. The Morgan fingerprint density at radius 2 is 2.13 bits per heavy atom. The first-order chi connectivity index (χ1) is 10.9. The molecule has 0 spiro atoms. The molecule has 1 aromatic rings. The van der Waals surface area contributed by atoms with Crippen LogP contribution in [0.15, 0.2) is 18.2 Å². The number of hydrogen-bond donors (Lipinski definition) is 1. The van der Waals surface area contributed by atoms with Crippen molar-refractivity contribution in [1.82, 2.24) is 10.2 Å². The fourth-order valence-corrected chi connectivity index (χ4v) is 3.08. The van der Waals surface area contributed by atoms with Crippen LogP contribution in [0, 0.1) is 11.6 Å². The number of halogens is 2. The molecule has 2 fully saturated rings. The topological polar surface area (TPSA) is 58.6 Å². The van der Waals surface area contributed by atoms with Crippen molar-refractivity contribution in [1.29, 1.82) is 0 Å². The number of benzene rings is 1. The van der Waals surface area contributed by atoms with Gasteiger partial charge in [-0.2, -0.15) is 0 Å². The zero-order valence-electron chi connectivity index (χ0n) is 12.8. The maximum absolute atomic E-state index is 14.0. The van der Waals surface area contributed by atoms with Gasteiger partial charge in [0.1, 0.15) is 17.2 Å². The van der Waals surface area contributed by atoms with E-state index in [9.17, 15) is 18.4 Å². The molecule has 2 aliphatic rings. The number of nitrogens with one attached hydrogen (secondary N) is 1. The van der Waals surface area contributed by atoms with E-state index in [4.69, 9.17) is 4.74 Å². The second-order valence-electron chi connectivity index (χ2n) is 6.08. The molecule has 23 heavy (non-hydrogen) atoms. The van der Waals surface area contributed by atoms with Crippen LogP contribution in [0.1, 0.15) is 31.7 Å². The summed E-state index contributed by atoms with van der Waals surface area (Å²) in [5.74, 6) is -2.00. The van der Waals surface area contributed by atoms with E-state index in [-0.39, 0.29) is 18.2 Å². The quantitative estimate of drug-likeness (QED) is 0.868. The molecule has 0 aromatic heterocycles.